The number of aryl methyl sites for hydroxylation is 1. The summed E-state index contributed by atoms with van der Waals surface area (Å²) < 4.78 is 24.5. The molecule has 0 amide bonds. The topological polar surface area (TPSA) is 28.7 Å². The Morgan fingerprint density at radius 1 is 1.38 bits per heavy atom. The fourth-order valence-electron chi connectivity index (χ4n) is 1.30. The number of imidazole rings is 1. The van der Waals surface area contributed by atoms with Crippen molar-refractivity contribution in [1.29, 1.82) is 0 Å². The number of alkyl halides is 2. The molecule has 0 aliphatic rings. The second-order valence-corrected chi connectivity index (χ2v) is 2.89. The van der Waals surface area contributed by atoms with E-state index < -0.39 is 6.43 Å². The minimum absolute atomic E-state index is 0.260. The number of para-hydroxylation sites is 1. The van der Waals surface area contributed by atoms with E-state index >= 15 is 0 Å². The Labute approximate surface area is 73.6 Å². The van der Waals surface area contributed by atoms with Crippen molar-refractivity contribution in [1.82, 2.24) is 9.97 Å². The lowest BCUT2D eigenvalue weighted by Crippen LogP contribution is -1.85. The second kappa shape index (κ2) is 2.80. The van der Waals surface area contributed by atoms with E-state index in [1.54, 1.807) is 6.07 Å². The molecule has 0 aliphatic carbocycles. The molecule has 0 aliphatic heterocycles. The van der Waals surface area contributed by atoms with Crippen molar-refractivity contribution >= 4 is 11.0 Å². The number of nitrogens with one attached hydrogen (secondary N) is 1. The minimum Gasteiger partial charge on any atom is -0.337 e. The van der Waals surface area contributed by atoms with Crippen LogP contribution in [0.4, 0.5) is 8.78 Å². The average molecular weight is 182 g/mol. The van der Waals surface area contributed by atoms with Crippen molar-refractivity contribution in [2.24, 2.45) is 0 Å². The fraction of sp³-hybridized carbons (Fsp3) is 0.222. The molecule has 68 valence electrons. The summed E-state index contributed by atoms with van der Waals surface area (Å²) in [6, 6.07) is 5.39. The molecule has 0 saturated carbocycles. The van der Waals surface area contributed by atoms with Gasteiger partial charge in [0.2, 0.25) is 0 Å². The van der Waals surface area contributed by atoms with Crippen LogP contribution in [0.3, 0.4) is 0 Å². The smallest absolute Gasteiger partial charge is 0.295 e. The van der Waals surface area contributed by atoms with Crippen LogP contribution in [-0.4, -0.2) is 9.97 Å². The van der Waals surface area contributed by atoms with Gasteiger partial charge in [-0.25, -0.2) is 13.8 Å². The average Bonchev–Trinajstić information content (AvgIpc) is 2.49. The number of nitrogens with zero attached hydrogens (tertiary/aromatic N) is 1. The fourth-order valence-corrected chi connectivity index (χ4v) is 1.30. The van der Waals surface area contributed by atoms with E-state index in [0.717, 1.165) is 5.56 Å². The van der Waals surface area contributed by atoms with Crippen LogP contribution in [0.2, 0.25) is 0 Å². The lowest BCUT2D eigenvalue weighted by Gasteiger charge is -1.90. The SMILES string of the molecule is Cc1cccc2[nH]c(C(F)F)nc12. The van der Waals surface area contributed by atoms with Gasteiger partial charge >= 0.3 is 0 Å². The van der Waals surface area contributed by atoms with Crippen molar-refractivity contribution in [3.8, 4) is 0 Å². The van der Waals surface area contributed by atoms with Crippen LogP contribution in [0.1, 0.15) is 17.8 Å². The van der Waals surface area contributed by atoms with Gasteiger partial charge in [0.25, 0.3) is 6.43 Å². The third kappa shape index (κ3) is 1.28. The molecule has 2 rings (SSSR count). The molecule has 0 radical (unpaired) electrons. The zero-order valence-electron chi connectivity index (χ0n) is 7.01. The van der Waals surface area contributed by atoms with Crippen molar-refractivity contribution in [3.05, 3.63) is 29.6 Å². The molecule has 0 bridgehead atoms. The van der Waals surface area contributed by atoms with Crippen LogP contribution in [0.5, 0.6) is 0 Å². The first kappa shape index (κ1) is 8.16. The molecule has 0 spiro atoms. The molecule has 1 aromatic heterocycles. The molecule has 4 heteroatoms. The highest BCUT2D eigenvalue weighted by molar-refractivity contribution is 5.78. The maximum atomic E-state index is 12.2. The number of rotatable bonds is 1. The van der Waals surface area contributed by atoms with E-state index in [9.17, 15) is 8.78 Å². The number of aromatic amines is 1. The molecule has 2 nitrogen and oxygen atoms in total. The maximum absolute atomic E-state index is 12.2. The number of fused-ring (bicyclic) bond motifs is 1. The number of benzene rings is 1. The third-order valence-electron chi connectivity index (χ3n) is 1.94. The van der Waals surface area contributed by atoms with Gasteiger partial charge in [0.15, 0.2) is 5.82 Å². The Morgan fingerprint density at radius 3 is 2.77 bits per heavy atom. The standard InChI is InChI=1S/C9H8F2N2/c1-5-3-2-4-6-7(5)13-9(12-6)8(10)11/h2-4,8H,1H3,(H,12,13). The molecular weight excluding hydrogens is 174 g/mol. The molecule has 0 fully saturated rings. The number of hydrogen-bond acceptors (Lipinski definition) is 1. The predicted molar refractivity (Wildman–Crippen MR) is 45.8 cm³/mol. The minimum atomic E-state index is -2.54. The summed E-state index contributed by atoms with van der Waals surface area (Å²) in [5.41, 5.74) is 2.19. The van der Waals surface area contributed by atoms with E-state index in [1.165, 1.54) is 0 Å². The third-order valence-corrected chi connectivity index (χ3v) is 1.94. The summed E-state index contributed by atoms with van der Waals surface area (Å²) in [7, 11) is 0. The zero-order chi connectivity index (χ0) is 9.42. The summed E-state index contributed by atoms with van der Waals surface area (Å²) >= 11 is 0. The van der Waals surface area contributed by atoms with Gasteiger partial charge in [0, 0.05) is 0 Å². The highest BCUT2D eigenvalue weighted by Gasteiger charge is 2.12. The number of halogens is 2. The van der Waals surface area contributed by atoms with Crippen molar-refractivity contribution in [2.75, 3.05) is 0 Å². The number of hydrogen-bond donors (Lipinski definition) is 1. The van der Waals surface area contributed by atoms with Gasteiger partial charge in [-0.05, 0) is 18.6 Å². The van der Waals surface area contributed by atoms with Gasteiger partial charge in [-0.15, -0.1) is 0 Å². The lowest BCUT2D eigenvalue weighted by atomic mass is 10.2. The van der Waals surface area contributed by atoms with Crippen LogP contribution in [0.15, 0.2) is 18.2 Å². The normalized spacial score (nSPS) is 11.4. The zero-order valence-corrected chi connectivity index (χ0v) is 7.01. The van der Waals surface area contributed by atoms with E-state index in [2.05, 4.69) is 9.97 Å². The van der Waals surface area contributed by atoms with Crippen LogP contribution < -0.4 is 0 Å². The Kier molecular flexibility index (Phi) is 1.76. The Hall–Kier alpha value is -1.45. The van der Waals surface area contributed by atoms with Gasteiger partial charge in [-0.1, -0.05) is 12.1 Å². The highest BCUT2D eigenvalue weighted by atomic mass is 19.3. The molecule has 0 saturated heterocycles. The molecule has 0 unspecified atom stereocenters. The van der Waals surface area contributed by atoms with Crippen LogP contribution in [0, 0.1) is 6.92 Å². The number of aromatic nitrogens is 2. The Bertz CT molecular complexity index is 434. The first-order valence-electron chi connectivity index (χ1n) is 3.92. The van der Waals surface area contributed by atoms with Gasteiger partial charge in [0.05, 0.1) is 11.0 Å². The quantitative estimate of drug-likeness (QED) is 0.721. The number of H-pyrrole nitrogens is 1. The van der Waals surface area contributed by atoms with Gasteiger partial charge in [-0.3, -0.25) is 0 Å². The first-order chi connectivity index (χ1) is 6.18. The van der Waals surface area contributed by atoms with E-state index in [0.29, 0.717) is 11.0 Å². The molecular formula is C9H8F2N2. The highest BCUT2D eigenvalue weighted by Crippen LogP contribution is 2.21. The Balaban J connectivity index is 2.68. The summed E-state index contributed by atoms with van der Waals surface area (Å²) in [6.07, 6.45) is -2.54. The summed E-state index contributed by atoms with van der Waals surface area (Å²) in [5, 5.41) is 0. The van der Waals surface area contributed by atoms with Gasteiger partial charge in [0.1, 0.15) is 0 Å². The molecule has 1 heterocycles. The van der Waals surface area contributed by atoms with Crippen molar-refractivity contribution in [3.63, 3.8) is 0 Å². The maximum Gasteiger partial charge on any atom is 0.295 e. The van der Waals surface area contributed by atoms with Crippen molar-refractivity contribution < 1.29 is 8.78 Å². The van der Waals surface area contributed by atoms with Crippen LogP contribution >= 0.6 is 0 Å². The van der Waals surface area contributed by atoms with Crippen molar-refractivity contribution in [2.45, 2.75) is 13.3 Å². The molecule has 2 aromatic rings. The molecule has 1 N–H and O–H groups in total. The lowest BCUT2D eigenvalue weighted by molar-refractivity contribution is 0.142. The molecule has 1 aromatic carbocycles. The van der Waals surface area contributed by atoms with Crippen LogP contribution in [0.25, 0.3) is 11.0 Å². The largest absolute Gasteiger partial charge is 0.337 e. The molecule has 0 atom stereocenters. The van der Waals surface area contributed by atoms with E-state index in [4.69, 9.17) is 0 Å². The molecule has 13 heavy (non-hydrogen) atoms. The predicted octanol–water partition coefficient (Wildman–Crippen LogP) is 2.81. The monoisotopic (exact) mass is 182 g/mol. The Morgan fingerprint density at radius 2 is 2.15 bits per heavy atom. The van der Waals surface area contributed by atoms with Gasteiger partial charge < -0.3 is 4.98 Å². The van der Waals surface area contributed by atoms with E-state index in [1.807, 2.05) is 19.1 Å². The van der Waals surface area contributed by atoms with Gasteiger partial charge in [-0.2, -0.15) is 0 Å². The second-order valence-electron chi connectivity index (χ2n) is 2.89. The summed E-state index contributed by atoms with van der Waals surface area (Å²) in [4.78, 5) is 6.38. The van der Waals surface area contributed by atoms with E-state index in [-0.39, 0.29) is 5.82 Å². The summed E-state index contributed by atoms with van der Waals surface area (Å²) in [6.45, 7) is 1.85. The summed E-state index contributed by atoms with van der Waals surface area (Å²) in [5.74, 6) is -0.260. The van der Waals surface area contributed by atoms with Crippen LogP contribution in [-0.2, 0) is 0 Å². The first-order valence-corrected chi connectivity index (χ1v) is 3.92.